The Hall–Kier alpha value is -2.80. The van der Waals surface area contributed by atoms with Crippen LogP contribution in [0.25, 0.3) is 0 Å². The first-order valence-corrected chi connectivity index (χ1v) is 16.4. The summed E-state index contributed by atoms with van der Waals surface area (Å²) in [5, 5.41) is 84.7. The van der Waals surface area contributed by atoms with Crippen LogP contribution in [0.4, 0.5) is 0 Å². The summed E-state index contributed by atoms with van der Waals surface area (Å²) < 4.78 is 22.9. The number of esters is 1. The fourth-order valence-electron chi connectivity index (χ4n) is 5.86. The van der Waals surface area contributed by atoms with Gasteiger partial charge in [0.25, 0.3) is 0 Å². The van der Waals surface area contributed by atoms with Crippen molar-refractivity contribution in [1.82, 2.24) is 0 Å². The summed E-state index contributed by atoms with van der Waals surface area (Å²) >= 11 is 0. The van der Waals surface area contributed by atoms with Crippen molar-refractivity contribution in [2.45, 2.75) is 126 Å². The summed E-state index contributed by atoms with van der Waals surface area (Å²) in [7, 11) is 0. The Balaban J connectivity index is 1.94. The molecule has 3 rings (SSSR count). The van der Waals surface area contributed by atoms with Gasteiger partial charge in [-0.3, -0.25) is 4.79 Å². The van der Waals surface area contributed by atoms with Crippen LogP contribution in [0.15, 0.2) is 60.8 Å². The lowest BCUT2D eigenvalue weighted by Gasteiger charge is -2.45. The normalized spacial score (nSPS) is 46.7. The number of carbonyl (C=O) groups excluding carboxylic acids is 1. The Kier molecular flexibility index (Phi) is 15.3. The van der Waals surface area contributed by atoms with Gasteiger partial charge in [0.2, 0.25) is 0 Å². The molecule has 15 nitrogen and oxygen atoms in total. The van der Waals surface area contributed by atoms with Gasteiger partial charge in [0.1, 0.15) is 18.1 Å². The molecule has 3 heterocycles. The maximum absolute atomic E-state index is 12.3. The minimum Gasteiger partial charge on any atom is -0.481 e. The summed E-state index contributed by atoms with van der Waals surface area (Å²) in [6.07, 6.45) is -0.575. The number of hydrogen-bond acceptors (Lipinski definition) is 14. The lowest BCUT2D eigenvalue weighted by atomic mass is 9.82. The number of rotatable bonds is 3. The molecule has 0 amide bonds. The molecule has 276 valence electrons. The molecule has 0 aliphatic carbocycles. The number of cyclic esters (lactones) is 1. The van der Waals surface area contributed by atoms with Crippen LogP contribution in [0, 0.1) is 11.8 Å². The van der Waals surface area contributed by atoms with Gasteiger partial charge in [0.15, 0.2) is 12.1 Å². The zero-order chi connectivity index (χ0) is 36.5. The summed E-state index contributed by atoms with van der Waals surface area (Å²) in [5.74, 6) is -6.15. The standard InChI is InChI=1S/C34H51NO14/c1-18-10-8-6-4-5-7-9-11-22(48-33-31(42)29(35)30(41)20(3)47-33)15-26-28(32(43)44)25(39)17-34(45,49-26)16-21(36)14-24(38)23(37)12-13-27(40)46-19(18)2/h4-13,18-26,28-31,33,36-39,41-42,45H,14-17,35H2,1-3H3,(H,43,44)/b6-4+,7-5+,10-8+,11-9+,13-12+/t18-,19?,20+,21?,22?,23?,24?,25-,26-,28?,29-,30?,31-,33?,34?/m0/s1. The van der Waals surface area contributed by atoms with Crippen molar-refractivity contribution < 1.29 is 69.4 Å². The molecule has 2 saturated heterocycles. The van der Waals surface area contributed by atoms with Crippen LogP contribution < -0.4 is 5.73 Å². The highest BCUT2D eigenvalue weighted by Gasteiger charge is 2.51. The highest BCUT2D eigenvalue weighted by atomic mass is 16.7. The van der Waals surface area contributed by atoms with E-state index in [0.29, 0.717) is 0 Å². The number of aliphatic hydroxyl groups is 7. The molecule has 3 aliphatic heterocycles. The van der Waals surface area contributed by atoms with E-state index in [1.54, 1.807) is 50.3 Å². The zero-order valence-electron chi connectivity index (χ0n) is 27.8. The Labute approximate surface area is 285 Å². The number of aliphatic carboxylic acids is 1. The molecule has 9 unspecified atom stereocenters. The Bertz CT molecular complexity index is 1240. The van der Waals surface area contributed by atoms with Gasteiger partial charge in [0.05, 0.1) is 54.9 Å². The number of carboxylic acid groups (broad SMARTS) is 1. The SMILES string of the molecule is CC1OC(=O)/C=C/C(O)C(O)CC(O)CC2(O)C[C@H](O)C(C(=O)O)[C@H](CC(OC3O[C@H](C)C(O)[C@H](N)[C@@H]3O)/C=C/C=C/C=C/C=C/[C@@H]1C)O2. The van der Waals surface area contributed by atoms with Gasteiger partial charge in [-0.1, -0.05) is 55.5 Å². The third kappa shape index (κ3) is 11.9. The Morgan fingerprint density at radius 3 is 2.14 bits per heavy atom. The molecule has 0 radical (unpaired) electrons. The van der Waals surface area contributed by atoms with Gasteiger partial charge in [-0.05, 0) is 19.9 Å². The highest BCUT2D eigenvalue weighted by Crippen LogP contribution is 2.38. The average Bonchev–Trinajstić information content (AvgIpc) is 3.00. The van der Waals surface area contributed by atoms with Crippen molar-refractivity contribution in [3.05, 3.63) is 60.8 Å². The predicted molar refractivity (Wildman–Crippen MR) is 173 cm³/mol. The third-order valence-corrected chi connectivity index (χ3v) is 8.90. The van der Waals surface area contributed by atoms with Crippen LogP contribution in [-0.4, -0.2) is 132 Å². The van der Waals surface area contributed by atoms with E-state index in [-0.39, 0.29) is 12.3 Å². The average molecular weight is 698 g/mol. The van der Waals surface area contributed by atoms with E-state index < -0.39 is 116 Å². The second-order valence-corrected chi connectivity index (χ2v) is 13.0. The summed E-state index contributed by atoms with van der Waals surface area (Å²) in [5.41, 5.74) is 5.96. The van der Waals surface area contributed by atoms with E-state index in [4.69, 9.17) is 24.7 Å². The van der Waals surface area contributed by atoms with Crippen molar-refractivity contribution >= 4 is 11.9 Å². The van der Waals surface area contributed by atoms with Crippen LogP contribution in [0.2, 0.25) is 0 Å². The van der Waals surface area contributed by atoms with Gasteiger partial charge < -0.3 is 65.5 Å². The fourth-order valence-corrected chi connectivity index (χ4v) is 5.86. The summed E-state index contributed by atoms with van der Waals surface area (Å²) in [6, 6.07) is -1.11. The number of allylic oxidation sites excluding steroid dienone is 6. The van der Waals surface area contributed by atoms with Crippen LogP contribution in [-0.2, 0) is 28.5 Å². The zero-order valence-corrected chi connectivity index (χ0v) is 27.8. The second kappa shape index (κ2) is 18.4. The van der Waals surface area contributed by atoms with Crippen molar-refractivity contribution in [3.8, 4) is 0 Å². The number of fused-ring (bicyclic) bond motifs is 2. The number of hydrogen-bond donors (Lipinski definition) is 9. The molecule has 0 spiro atoms. The van der Waals surface area contributed by atoms with Gasteiger partial charge in [-0.25, -0.2) is 4.79 Å². The van der Waals surface area contributed by atoms with E-state index in [9.17, 15) is 50.4 Å². The molecule has 15 heteroatoms. The first-order valence-electron chi connectivity index (χ1n) is 16.4. The van der Waals surface area contributed by atoms with E-state index in [0.717, 1.165) is 12.2 Å². The largest absolute Gasteiger partial charge is 0.481 e. The van der Waals surface area contributed by atoms with E-state index >= 15 is 0 Å². The molecule has 3 aliphatic rings. The molecule has 15 atom stereocenters. The predicted octanol–water partition coefficient (Wildman–Crippen LogP) is -0.680. The van der Waals surface area contributed by atoms with Crippen molar-refractivity contribution in [2.24, 2.45) is 17.6 Å². The van der Waals surface area contributed by atoms with Crippen molar-refractivity contribution in [2.75, 3.05) is 0 Å². The monoisotopic (exact) mass is 697 g/mol. The number of carbonyl (C=O) groups is 2. The molecule has 0 saturated carbocycles. The van der Waals surface area contributed by atoms with Crippen molar-refractivity contribution in [3.63, 3.8) is 0 Å². The van der Waals surface area contributed by atoms with Crippen LogP contribution >= 0.6 is 0 Å². The second-order valence-electron chi connectivity index (χ2n) is 13.0. The fraction of sp³-hybridized carbons (Fsp3) is 0.647. The number of aliphatic hydroxyl groups excluding tert-OH is 6. The molecule has 10 N–H and O–H groups in total. The third-order valence-electron chi connectivity index (χ3n) is 8.90. The maximum Gasteiger partial charge on any atom is 0.330 e. The molecule has 0 aromatic rings. The van der Waals surface area contributed by atoms with E-state index in [2.05, 4.69) is 0 Å². The van der Waals surface area contributed by atoms with Crippen LogP contribution in [0.5, 0.6) is 0 Å². The van der Waals surface area contributed by atoms with Crippen molar-refractivity contribution in [1.29, 1.82) is 0 Å². The minimum atomic E-state index is -2.27. The number of ether oxygens (including phenoxy) is 4. The molecular formula is C34H51NO14. The molecule has 49 heavy (non-hydrogen) atoms. The summed E-state index contributed by atoms with van der Waals surface area (Å²) in [4.78, 5) is 24.5. The van der Waals surface area contributed by atoms with Crippen LogP contribution in [0.3, 0.4) is 0 Å². The molecule has 0 aromatic heterocycles. The van der Waals surface area contributed by atoms with E-state index in [1.165, 1.54) is 6.08 Å². The number of nitrogens with two attached hydrogens (primary N) is 1. The summed E-state index contributed by atoms with van der Waals surface area (Å²) in [6.45, 7) is 5.09. The Morgan fingerprint density at radius 1 is 0.857 bits per heavy atom. The molecule has 2 bridgehead atoms. The first kappa shape index (κ1) is 40.6. The molecule has 0 aromatic carbocycles. The topological polar surface area (TPSA) is 259 Å². The molecule has 2 fully saturated rings. The smallest absolute Gasteiger partial charge is 0.330 e. The molecular weight excluding hydrogens is 646 g/mol. The number of carboxylic acids is 1. The quantitative estimate of drug-likeness (QED) is 0.166. The lowest BCUT2D eigenvalue weighted by molar-refractivity contribution is -0.308. The Morgan fingerprint density at radius 2 is 1.49 bits per heavy atom. The highest BCUT2D eigenvalue weighted by molar-refractivity contribution is 5.82. The van der Waals surface area contributed by atoms with Gasteiger partial charge in [-0.15, -0.1) is 0 Å². The van der Waals surface area contributed by atoms with Gasteiger partial charge >= 0.3 is 11.9 Å². The lowest BCUT2D eigenvalue weighted by Crippen LogP contribution is -2.61. The van der Waals surface area contributed by atoms with Gasteiger partial charge in [0, 0.05) is 37.7 Å². The minimum absolute atomic E-state index is 0.171. The maximum atomic E-state index is 12.3. The first-order chi connectivity index (χ1) is 23.0. The van der Waals surface area contributed by atoms with Crippen LogP contribution in [0.1, 0.15) is 46.5 Å². The van der Waals surface area contributed by atoms with E-state index in [1.807, 2.05) is 13.0 Å². The van der Waals surface area contributed by atoms with Gasteiger partial charge in [-0.2, -0.15) is 0 Å².